The van der Waals surface area contributed by atoms with Gasteiger partial charge in [0.15, 0.2) is 5.69 Å². The number of halogens is 3. The number of benzene rings is 2. The summed E-state index contributed by atoms with van der Waals surface area (Å²) in [5.41, 5.74) is -0.0515. The number of H-pyrrole nitrogens is 1. The van der Waals surface area contributed by atoms with Gasteiger partial charge < -0.3 is 5.11 Å². The lowest BCUT2D eigenvalue weighted by Crippen LogP contribution is -2.26. The average molecular weight is 454 g/mol. The molecular weight excluding hydrogens is 433 g/mol. The molecule has 1 saturated carbocycles. The highest BCUT2D eigenvalue weighted by Gasteiger charge is 2.35. The predicted molar refractivity (Wildman–Crippen MR) is 115 cm³/mol. The molecule has 0 spiro atoms. The van der Waals surface area contributed by atoms with Gasteiger partial charge in [-0.25, -0.2) is 0 Å². The zero-order chi connectivity index (χ0) is 23.6. The van der Waals surface area contributed by atoms with Crippen molar-refractivity contribution >= 4 is 17.3 Å². The van der Waals surface area contributed by atoms with E-state index in [2.05, 4.69) is 5.10 Å². The summed E-state index contributed by atoms with van der Waals surface area (Å²) in [6.45, 7) is 0. The van der Waals surface area contributed by atoms with Crippen LogP contribution in [0.15, 0.2) is 54.6 Å². The molecule has 33 heavy (non-hydrogen) atoms. The van der Waals surface area contributed by atoms with Crippen molar-refractivity contribution in [3.8, 4) is 6.07 Å². The predicted octanol–water partition coefficient (Wildman–Crippen LogP) is 5.50. The number of carbonyl (C=O) groups is 1. The zero-order valence-electron chi connectivity index (χ0n) is 17.5. The molecule has 0 saturated heterocycles. The molecule has 2 aromatic carbocycles. The molecule has 2 N–H and O–H groups in total. The van der Waals surface area contributed by atoms with Crippen molar-refractivity contribution in [3.05, 3.63) is 77.1 Å². The topological polar surface area (TPSA) is 93.0 Å². The lowest BCUT2D eigenvalue weighted by atomic mass is 10.0. The Morgan fingerprint density at radius 3 is 2.52 bits per heavy atom. The number of nitriles is 1. The SMILES string of the molecule is N#Cc1cccc(N(C(=O)c2cc(C(F)(F)F)[nH]n2)c2cccc(C(O)CCC3CC3)c2)c1. The van der Waals surface area contributed by atoms with Gasteiger partial charge in [0.1, 0.15) is 5.69 Å². The molecule has 1 aliphatic rings. The van der Waals surface area contributed by atoms with Crippen molar-refractivity contribution < 1.29 is 23.1 Å². The van der Waals surface area contributed by atoms with Crippen molar-refractivity contribution in [3.63, 3.8) is 0 Å². The zero-order valence-corrected chi connectivity index (χ0v) is 17.5. The van der Waals surface area contributed by atoms with Gasteiger partial charge >= 0.3 is 6.18 Å². The van der Waals surface area contributed by atoms with Gasteiger partial charge in [0.25, 0.3) is 5.91 Å². The summed E-state index contributed by atoms with van der Waals surface area (Å²) < 4.78 is 39.1. The number of alkyl halides is 3. The minimum absolute atomic E-state index is 0.281. The van der Waals surface area contributed by atoms with Crippen LogP contribution < -0.4 is 4.90 Å². The number of hydrogen-bond acceptors (Lipinski definition) is 4. The number of aromatic amines is 1. The summed E-state index contributed by atoms with van der Waals surface area (Å²) in [6, 6.07) is 15.5. The van der Waals surface area contributed by atoms with E-state index in [4.69, 9.17) is 0 Å². The van der Waals surface area contributed by atoms with Crippen LogP contribution in [-0.2, 0) is 6.18 Å². The van der Waals surface area contributed by atoms with Gasteiger partial charge in [-0.05, 0) is 54.7 Å². The van der Waals surface area contributed by atoms with Gasteiger partial charge in [-0.15, -0.1) is 0 Å². The first-order chi connectivity index (χ1) is 15.8. The first-order valence-electron chi connectivity index (χ1n) is 10.5. The number of aliphatic hydroxyl groups excluding tert-OH is 1. The van der Waals surface area contributed by atoms with Crippen LogP contribution in [0.1, 0.15) is 59.1 Å². The van der Waals surface area contributed by atoms with E-state index in [0.29, 0.717) is 35.3 Å². The molecule has 0 bridgehead atoms. The van der Waals surface area contributed by atoms with Gasteiger partial charge in [0.05, 0.1) is 23.4 Å². The van der Waals surface area contributed by atoms with E-state index in [9.17, 15) is 28.3 Å². The highest BCUT2D eigenvalue weighted by atomic mass is 19.4. The minimum Gasteiger partial charge on any atom is -0.388 e. The Morgan fingerprint density at radius 2 is 1.88 bits per heavy atom. The van der Waals surface area contributed by atoms with Crippen LogP contribution in [0.4, 0.5) is 24.5 Å². The molecule has 6 nitrogen and oxygen atoms in total. The number of carbonyl (C=O) groups excluding carboxylic acids is 1. The summed E-state index contributed by atoms with van der Waals surface area (Å²) in [5, 5.41) is 25.3. The Balaban J connectivity index is 1.71. The molecule has 1 aliphatic carbocycles. The lowest BCUT2D eigenvalue weighted by Gasteiger charge is -2.23. The van der Waals surface area contributed by atoms with Crippen molar-refractivity contribution in [2.24, 2.45) is 5.92 Å². The highest BCUT2D eigenvalue weighted by molar-refractivity contribution is 6.10. The number of anilines is 2. The maximum atomic E-state index is 13.3. The maximum Gasteiger partial charge on any atom is 0.432 e. The number of aliphatic hydroxyl groups is 1. The normalized spacial score (nSPS) is 14.5. The Labute approximate surface area is 188 Å². The first-order valence-corrected chi connectivity index (χ1v) is 10.5. The van der Waals surface area contributed by atoms with E-state index < -0.39 is 29.6 Å². The Kier molecular flexibility index (Phi) is 6.20. The highest BCUT2D eigenvalue weighted by Crippen LogP contribution is 2.37. The van der Waals surface area contributed by atoms with Crippen LogP contribution in [-0.4, -0.2) is 21.2 Å². The molecular formula is C24H21F3N4O2. The molecule has 3 aromatic rings. The number of rotatable bonds is 7. The van der Waals surface area contributed by atoms with Gasteiger partial charge in [-0.2, -0.15) is 23.5 Å². The van der Waals surface area contributed by atoms with Gasteiger partial charge in [0.2, 0.25) is 0 Å². The molecule has 1 atom stereocenters. The fraction of sp³-hybridized carbons (Fsp3) is 0.292. The smallest absolute Gasteiger partial charge is 0.388 e. The fourth-order valence-electron chi connectivity index (χ4n) is 3.63. The number of amides is 1. The van der Waals surface area contributed by atoms with Gasteiger partial charge in [-0.3, -0.25) is 14.8 Å². The van der Waals surface area contributed by atoms with E-state index in [-0.39, 0.29) is 5.56 Å². The molecule has 0 radical (unpaired) electrons. The summed E-state index contributed by atoms with van der Waals surface area (Å²) in [4.78, 5) is 14.5. The van der Waals surface area contributed by atoms with E-state index in [1.165, 1.54) is 23.8 Å². The van der Waals surface area contributed by atoms with Crippen molar-refractivity contribution in [2.75, 3.05) is 4.90 Å². The van der Waals surface area contributed by atoms with E-state index >= 15 is 0 Å². The van der Waals surface area contributed by atoms with Crippen LogP contribution in [0.3, 0.4) is 0 Å². The van der Waals surface area contributed by atoms with Crippen LogP contribution >= 0.6 is 0 Å². The second-order valence-electron chi connectivity index (χ2n) is 8.10. The Hall–Kier alpha value is -3.64. The Morgan fingerprint density at radius 1 is 1.18 bits per heavy atom. The standard InChI is InChI=1S/C24H21F3N4O2/c25-24(26,27)22-13-20(29-30-22)23(33)31(18-5-1-3-16(11-18)14-28)19-6-2-4-17(12-19)21(32)10-9-15-7-8-15/h1-6,11-13,15,21,32H,7-10H2,(H,29,30). The van der Waals surface area contributed by atoms with Crippen LogP contribution in [0.25, 0.3) is 0 Å². The quantitative estimate of drug-likeness (QED) is 0.493. The van der Waals surface area contributed by atoms with Crippen LogP contribution in [0, 0.1) is 17.2 Å². The molecule has 170 valence electrons. The second-order valence-corrected chi connectivity index (χ2v) is 8.10. The third-order valence-corrected chi connectivity index (χ3v) is 5.60. The summed E-state index contributed by atoms with van der Waals surface area (Å²) in [5.74, 6) is -0.154. The molecule has 1 aromatic heterocycles. The summed E-state index contributed by atoms with van der Waals surface area (Å²) in [7, 11) is 0. The third-order valence-electron chi connectivity index (χ3n) is 5.60. The van der Waals surface area contributed by atoms with Crippen LogP contribution in [0.5, 0.6) is 0 Å². The summed E-state index contributed by atoms with van der Waals surface area (Å²) in [6.07, 6.45) is -1.56. The molecule has 1 amide bonds. The molecule has 1 heterocycles. The average Bonchev–Trinajstić information content (AvgIpc) is 3.49. The third kappa shape index (κ3) is 5.23. The maximum absolute atomic E-state index is 13.3. The largest absolute Gasteiger partial charge is 0.432 e. The second kappa shape index (κ2) is 9.08. The minimum atomic E-state index is -4.68. The van der Waals surface area contributed by atoms with Gasteiger partial charge in [-0.1, -0.05) is 31.0 Å². The molecule has 1 fully saturated rings. The van der Waals surface area contributed by atoms with E-state index in [1.54, 1.807) is 42.5 Å². The van der Waals surface area contributed by atoms with Crippen molar-refractivity contribution in [1.29, 1.82) is 5.26 Å². The monoisotopic (exact) mass is 454 g/mol. The summed E-state index contributed by atoms with van der Waals surface area (Å²) >= 11 is 0. The van der Waals surface area contributed by atoms with Crippen LogP contribution in [0.2, 0.25) is 0 Å². The molecule has 4 rings (SSSR count). The van der Waals surface area contributed by atoms with Crippen molar-refractivity contribution in [2.45, 2.75) is 38.0 Å². The molecule has 9 heteroatoms. The van der Waals surface area contributed by atoms with E-state index in [1.807, 2.05) is 11.2 Å². The lowest BCUT2D eigenvalue weighted by molar-refractivity contribution is -0.141. The van der Waals surface area contributed by atoms with Crippen molar-refractivity contribution in [1.82, 2.24) is 10.2 Å². The van der Waals surface area contributed by atoms with E-state index in [0.717, 1.165) is 6.42 Å². The molecule has 1 unspecified atom stereocenters. The number of hydrogen-bond donors (Lipinski definition) is 2. The number of aromatic nitrogens is 2. The Bertz CT molecular complexity index is 1190. The number of nitrogens with one attached hydrogen (secondary N) is 1. The van der Waals surface area contributed by atoms with Gasteiger partial charge in [0, 0.05) is 11.8 Å². The number of nitrogens with zero attached hydrogens (tertiary/aromatic N) is 3. The molecule has 0 aliphatic heterocycles. The first kappa shape index (κ1) is 22.6. The fourth-order valence-corrected chi connectivity index (χ4v) is 3.63.